The maximum absolute atomic E-state index is 5.28. The van der Waals surface area contributed by atoms with Gasteiger partial charge in [0.2, 0.25) is 0 Å². The Balaban J connectivity index is 2.71. The summed E-state index contributed by atoms with van der Waals surface area (Å²) in [6, 6.07) is 6.17. The third kappa shape index (κ3) is 3.68. The molecule has 0 bridgehead atoms. The van der Waals surface area contributed by atoms with Gasteiger partial charge in [0.05, 0.1) is 13.7 Å². The van der Waals surface area contributed by atoms with Crippen molar-refractivity contribution in [3.63, 3.8) is 0 Å². The van der Waals surface area contributed by atoms with Crippen molar-refractivity contribution in [2.75, 3.05) is 20.8 Å². The van der Waals surface area contributed by atoms with Gasteiger partial charge in [0, 0.05) is 7.05 Å². The molecular weight excluding hydrogens is 202 g/mol. The Hall–Kier alpha value is -1.32. The van der Waals surface area contributed by atoms with Crippen molar-refractivity contribution in [1.82, 2.24) is 5.48 Å². The fourth-order valence-electron chi connectivity index (χ4n) is 1.49. The predicted octanol–water partition coefficient (Wildman–Crippen LogP) is 2.42. The quantitative estimate of drug-likeness (QED) is 0.591. The monoisotopic (exact) mass is 221 g/mol. The number of rotatable bonds is 6. The molecule has 0 unspecified atom stereocenters. The maximum Gasteiger partial charge on any atom is 0.122 e. The molecule has 0 heterocycles. The van der Waals surface area contributed by atoms with E-state index in [4.69, 9.17) is 9.57 Å². The van der Waals surface area contributed by atoms with E-state index in [0.717, 1.165) is 17.7 Å². The summed E-state index contributed by atoms with van der Waals surface area (Å²) in [4.78, 5) is 5.00. The van der Waals surface area contributed by atoms with E-state index in [-0.39, 0.29) is 0 Å². The molecule has 1 aromatic carbocycles. The standard InChI is InChI=1S/C13H19NO2/c1-4-12-10-11(6-5-9-16-14-2)7-8-13(12)15-3/h5-8,10,14H,4,9H2,1-3H3/b6-5+. The Kier molecular flexibility index (Phi) is 5.61. The number of hydroxylamine groups is 1. The van der Waals surface area contributed by atoms with Crippen LogP contribution in [0.1, 0.15) is 18.1 Å². The van der Waals surface area contributed by atoms with Gasteiger partial charge >= 0.3 is 0 Å². The van der Waals surface area contributed by atoms with E-state index in [1.807, 2.05) is 24.3 Å². The number of aryl methyl sites for hydroxylation is 1. The zero-order valence-corrected chi connectivity index (χ0v) is 10.1. The molecule has 0 aliphatic heterocycles. The first kappa shape index (κ1) is 12.7. The van der Waals surface area contributed by atoms with Gasteiger partial charge in [-0.15, -0.1) is 0 Å². The van der Waals surface area contributed by atoms with Crippen molar-refractivity contribution in [2.45, 2.75) is 13.3 Å². The van der Waals surface area contributed by atoms with Crippen LogP contribution in [-0.4, -0.2) is 20.8 Å². The molecule has 1 rings (SSSR count). The Morgan fingerprint density at radius 2 is 2.19 bits per heavy atom. The molecule has 88 valence electrons. The maximum atomic E-state index is 5.28. The second-order valence-electron chi connectivity index (χ2n) is 3.34. The van der Waals surface area contributed by atoms with Crippen LogP contribution in [0.15, 0.2) is 24.3 Å². The molecule has 16 heavy (non-hydrogen) atoms. The molecule has 3 nitrogen and oxygen atoms in total. The number of hydrogen-bond donors (Lipinski definition) is 1. The van der Waals surface area contributed by atoms with E-state index < -0.39 is 0 Å². The lowest BCUT2D eigenvalue weighted by atomic mass is 10.1. The van der Waals surface area contributed by atoms with Gasteiger partial charge in [-0.1, -0.05) is 25.1 Å². The first-order valence-corrected chi connectivity index (χ1v) is 5.43. The number of benzene rings is 1. The average Bonchev–Trinajstić information content (AvgIpc) is 2.34. The SMILES string of the molecule is CCc1cc(/C=C/CONC)ccc1OC. The molecule has 0 aliphatic carbocycles. The molecule has 0 saturated heterocycles. The van der Waals surface area contributed by atoms with Crippen LogP contribution in [-0.2, 0) is 11.3 Å². The highest BCUT2D eigenvalue weighted by molar-refractivity contribution is 5.53. The van der Waals surface area contributed by atoms with Crippen LogP contribution in [0.3, 0.4) is 0 Å². The first-order valence-electron chi connectivity index (χ1n) is 5.43. The molecule has 1 aromatic rings. The summed E-state index contributed by atoms with van der Waals surface area (Å²) < 4.78 is 5.28. The summed E-state index contributed by atoms with van der Waals surface area (Å²) in [7, 11) is 3.45. The molecule has 3 heteroatoms. The molecule has 0 radical (unpaired) electrons. The van der Waals surface area contributed by atoms with Crippen LogP contribution in [0.2, 0.25) is 0 Å². The highest BCUT2D eigenvalue weighted by atomic mass is 16.6. The van der Waals surface area contributed by atoms with Gasteiger partial charge in [-0.25, -0.2) is 5.48 Å². The van der Waals surface area contributed by atoms with Crippen molar-refractivity contribution in [3.05, 3.63) is 35.4 Å². The number of nitrogens with one attached hydrogen (secondary N) is 1. The van der Waals surface area contributed by atoms with Gasteiger partial charge in [0.1, 0.15) is 5.75 Å². The molecule has 0 aliphatic rings. The van der Waals surface area contributed by atoms with E-state index in [2.05, 4.69) is 18.5 Å². The van der Waals surface area contributed by atoms with Crippen molar-refractivity contribution in [2.24, 2.45) is 0 Å². The van der Waals surface area contributed by atoms with Crippen LogP contribution < -0.4 is 10.2 Å². The molecule has 0 amide bonds. The minimum atomic E-state index is 0.560. The molecule has 0 fully saturated rings. The minimum absolute atomic E-state index is 0.560. The summed E-state index contributed by atoms with van der Waals surface area (Å²) in [5.41, 5.74) is 5.01. The zero-order chi connectivity index (χ0) is 11.8. The van der Waals surface area contributed by atoms with Crippen LogP contribution in [0.4, 0.5) is 0 Å². The van der Waals surface area contributed by atoms with Crippen LogP contribution in [0, 0.1) is 0 Å². The Labute approximate surface area is 97.0 Å². The highest BCUT2D eigenvalue weighted by Crippen LogP contribution is 2.20. The summed E-state index contributed by atoms with van der Waals surface area (Å²) in [5, 5.41) is 0. The third-order valence-electron chi connectivity index (χ3n) is 2.32. The zero-order valence-electron chi connectivity index (χ0n) is 10.1. The number of hydrogen-bond acceptors (Lipinski definition) is 3. The third-order valence-corrected chi connectivity index (χ3v) is 2.32. The minimum Gasteiger partial charge on any atom is -0.496 e. The normalized spacial score (nSPS) is 10.9. The van der Waals surface area contributed by atoms with Gasteiger partial charge in [-0.3, -0.25) is 4.84 Å². The van der Waals surface area contributed by atoms with Crippen LogP contribution in [0.5, 0.6) is 5.75 Å². The molecule has 1 N–H and O–H groups in total. The summed E-state index contributed by atoms with van der Waals surface area (Å²) >= 11 is 0. The first-order chi connectivity index (χ1) is 7.81. The molecular formula is C13H19NO2. The predicted molar refractivity (Wildman–Crippen MR) is 66.4 cm³/mol. The Bertz CT molecular complexity index is 348. The lowest BCUT2D eigenvalue weighted by Gasteiger charge is -2.07. The van der Waals surface area contributed by atoms with E-state index in [1.54, 1.807) is 14.2 Å². The van der Waals surface area contributed by atoms with Crippen molar-refractivity contribution in [3.8, 4) is 5.75 Å². The fourth-order valence-corrected chi connectivity index (χ4v) is 1.49. The van der Waals surface area contributed by atoms with Crippen molar-refractivity contribution >= 4 is 6.08 Å². The van der Waals surface area contributed by atoms with Gasteiger partial charge < -0.3 is 4.74 Å². The number of methoxy groups -OCH3 is 1. The second-order valence-corrected chi connectivity index (χ2v) is 3.34. The summed E-state index contributed by atoms with van der Waals surface area (Å²) in [5.74, 6) is 0.950. The average molecular weight is 221 g/mol. The second kappa shape index (κ2) is 7.04. The van der Waals surface area contributed by atoms with Crippen LogP contribution in [0.25, 0.3) is 6.08 Å². The molecule has 0 aromatic heterocycles. The number of ether oxygens (including phenoxy) is 1. The van der Waals surface area contributed by atoms with E-state index >= 15 is 0 Å². The van der Waals surface area contributed by atoms with Crippen molar-refractivity contribution in [1.29, 1.82) is 0 Å². The van der Waals surface area contributed by atoms with E-state index in [9.17, 15) is 0 Å². The molecule has 0 atom stereocenters. The largest absolute Gasteiger partial charge is 0.496 e. The Morgan fingerprint density at radius 1 is 1.38 bits per heavy atom. The lowest BCUT2D eigenvalue weighted by molar-refractivity contribution is 0.0814. The van der Waals surface area contributed by atoms with Crippen molar-refractivity contribution < 1.29 is 9.57 Å². The smallest absolute Gasteiger partial charge is 0.122 e. The highest BCUT2D eigenvalue weighted by Gasteiger charge is 2.00. The molecule has 0 saturated carbocycles. The van der Waals surface area contributed by atoms with E-state index in [0.29, 0.717) is 6.61 Å². The van der Waals surface area contributed by atoms with Gasteiger partial charge in [0.25, 0.3) is 0 Å². The van der Waals surface area contributed by atoms with Gasteiger partial charge in [-0.2, -0.15) is 0 Å². The Morgan fingerprint density at radius 3 is 2.81 bits per heavy atom. The summed E-state index contributed by atoms with van der Waals surface area (Å²) in [6.07, 6.45) is 4.98. The van der Waals surface area contributed by atoms with Gasteiger partial charge in [0.15, 0.2) is 0 Å². The molecule has 0 spiro atoms. The lowest BCUT2D eigenvalue weighted by Crippen LogP contribution is -2.06. The topological polar surface area (TPSA) is 30.5 Å². The van der Waals surface area contributed by atoms with E-state index in [1.165, 1.54) is 5.56 Å². The summed E-state index contributed by atoms with van der Waals surface area (Å²) in [6.45, 7) is 2.68. The fraction of sp³-hybridized carbons (Fsp3) is 0.385. The van der Waals surface area contributed by atoms with Gasteiger partial charge in [-0.05, 0) is 29.7 Å². The van der Waals surface area contributed by atoms with Crippen LogP contribution >= 0.6 is 0 Å².